The second-order valence-corrected chi connectivity index (χ2v) is 6.32. The maximum Gasteiger partial charge on any atom is 0.231 e. The molecule has 102 valence electrons. The summed E-state index contributed by atoms with van der Waals surface area (Å²) in [7, 11) is 0. The van der Waals surface area contributed by atoms with Crippen molar-refractivity contribution in [3.63, 3.8) is 0 Å². The van der Waals surface area contributed by atoms with Crippen LogP contribution in [0.15, 0.2) is 39.9 Å². The molecule has 0 fully saturated rings. The molecule has 1 aliphatic heterocycles. The molecule has 3 heteroatoms. The third-order valence-corrected chi connectivity index (χ3v) is 5.07. The normalized spacial score (nSPS) is 22.0. The van der Waals surface area contributed by atoms with Gasteiger partial charge in [0.15, 0.2) is 11.5 Å². The summed E-state index contributed by atoms with van der Waals surface area (Å²) >= 11 is 3.67. The van der Waals surface area contributed by atoms with E-state index in [1.165, 1.54) is 22.3 Å². The molecule has 4 rings (SSSR count). The second kappa shape index (κ2) is 4.52. The van der Waals surface area contributed by atoms with Crippen LogP contribution >= 0.6 is 15.9 Å². The first-order valence-corrected chi connectivity index (χ1v) is 7.68. The summed E-state index contributed by atoms with van der Waals surface area (Å²) in [4.78, 5) is 0. The van der Waals surface area contributed by atoms with Gasteiger partial charge >= 0.3 is 0 Å². The summed E-state index contributed by atoms with van der Waals surface area (Å²) < 4.78 is 12.1. The summed E-state index contributed by atoms with van der Waals surface area (Å²) in [5.41, 5.74) is 5.52. The highest BCUT2D eigenvalue weighted by atomic mass is 79.9. The molecule has 1 heterocycles. The van der Waals surface area contributed by atoms with Gasteiger partial charge in [-0.05, 0) is 52.9 Å². The summed E-state index contributed by atoms with van der Waals surface area (Å²) in [6.45, 7) is 2.53. The average molecular weight is 331 g/mol. The number of hydrogen-bond acceptors (Lipinski definition) is 2. The van der Waals surface area contributed by atoms with Gasteiger partial charge in [0.25, 0.3) is 0 Å². The van der Waals surface area contributed by atoms with E-state index in [-0.39, 0.29) is 0 Å². The van der Waals surface area contributed by atoms with Crippen molar-refractivity contribution in [2.45, 2.75) is 25.7 Å². The van der Waals surface area contributed by atoms with Gasteiger partial charge in [-0.2, -0.15) is 0 Å². The van der Waals surface area contributed by atoms with E-state index in [2.05, 4.69) is 53.2 Å². The van der Waals surface area contributed by atoms with Gasteiger partial charge in [0.2, 0.25) is 6.79 Å². The van der Waals surface area contributed by atoms with Crippen molar-refractivity contribution in [3.05, 3.63) is 51.0 Å². The zero-order chi connectivity index (χ0) is 13.7. The quantitative estimate of drug-likeness (QED) is 0.763. The Morgan fingerprint density at radius 2 is 2.25 bits per heavy atom. The van der Waals surface area contributed by atoms with Crippen molar-refractivity contribution < 1.29 is 9.47 Å². The van der Waals surface area contributed by atoms with Crippen LogP contribution in [0.25, 0.3) is 6.08 Å². The van der Waals surface area contributed by atoms with Crippen LogP contribution < -0.4 is 9.47 Å². The van der Waals surface area contributed by atoms with Gasteiger partial charge in [0, 0.05) is 5.92 Å². The number of fused-ring (bicyclic) bond motifs is 2. The van der Waals surface area contributed by atoms with E-state index in [0.717, 1.165) is 28.8 Å². The molecule has 0 saturated heterocycles. The molecule has 0 saturated carbocycles. The van der Waals surface area contributed by atoms with Gasteiger partial charge in [-0.25, -0.2) is 0 Å². The maximum absolute atomic E-state index is 5.56. The SMILES string of the molecule is CC1=Cc2c(cc3c(c2Br)OCO3)C1CC1=CC=CC1. The molecule has 1 unspecified atom stereocenters. The molecule has 1 aromatic carbocycles. The lowest BCUT2D eigenvalue weighted by Gasteiger charge is -2.16. The van der Waals surface area contributed by atoms with Gasteiger partial charge in [0.05, 0.1) is 4.47 Å². The standard InChI is InChI=1S/C17H15BrO2/c1-10-6-14-13(12(10)7-11-4-2-3-5-11)8-15-17(16(14)18)20-9-19-15/h2-4,6,8,12H,5,7,9H2,1H3. The lowest BCUT2D eigenvalue weighted by atomic mass is 9.89. The van der Waals surface area contributed by atoms with Crippen LogP contribution in [0.2, 0.25) is 0 Å². The second-order valence-electron chi connectivity index (χ2n) is 5.53. The molecule has 1 aromatic rings. The first-order chi connectivity index (χ1) is 9.74. The predicted molar refractivity (Wildman–Crippen MR) is 83.1 cm³/mol. The Morgan fingerprint density at radius 1 is 1.35 bits per heavy atom. The van der Waals surface area contributed by atoms with E-state index in [4.69, 9.17) is 9.47 Å². The fourth-order valence-electron chi connectivity index (χ4n) is 3.22. The minimum Gasteiger partial charge on any atom is -0.454 e. The van der Waals surface area contributed by atoms with Gasteiger partial charge in [0.1, 0.15) is 0 Å². The number of hydrogen-bond donors (Lipinski definition) is 0. The zero-order valence-electron chi connectivity index (χ0n) is 11.3. The smallest absolute Gasteiger partial charge is 0.231 e. The van der Waals surface area contributed by atoms with Crippen LogP contribution in [0.4, 0.5) is 0 Å². The van der Waals surface area contributed by atoms with Crippen LogP contribution in [0.5, 0.6) is 11.5 Å². The monoisotopic (exact) mass is 330 g/mol. The zero-order valence-corrected chi connectivity index (χ0v) is 12.9. The number of ether oxygens (including phenoxy) is 2. The lowest BCUT2D eigenvalue weighted by Crippen LogP contribution is -1.99. The number of rotatable bonds is 2. The van der Waals surface area contributed by atoms with Crippen molar-refractivity contribution in [1.29, 1.82) is 0 Å². The van der Waals surface area contributed by atoms with E-state index >= 15 is 0 Å². The van der Waals surface area contributed by atoms with Crippen LogP contribution in [0, 0.1) is 0 Å². The van der Waals surface area contributed by atoms with E-state index in [9.17, 15) is 0 Å². The minimum atomic E-state index is 0.319. The molecule has 0 bridgehead atoms. The van der Waals surface area contributed by atoms with Crippen molar-refractivity contribution in [3.8, 4) is 11.5 Å². The van der Waals surface area contributed by atoms with Crippen molar-refractivity contribution in [2.75, 3.05) is 6.79 Å². The summed E-state index contributed by atoms with van der Waals surface area (Å²) in [5, 5.41) is 0. The first-order valence-electron chi connectivity index (χ1n) is 6.89. The van der Waals surface area contributed by atoms with Gasteiger partial charge in [-0.15, -0.1) is 0 Å². The first kappa shape index (κ1) is 12.3. The van der Waals surface area contributed by atoms with Crippen LogP contribution in [0.3, 0.4) is 0 Å². The van der Waals surface area contributed by atoms with Crippen molar-refractivity contribution in [2.24, 2.45) is 0 Å². The highest BCUT2D eigenvalue weighted by Gasteiger charge is 2.30. The Labute approximate surface area is 126 Å². The topological polar surface area (TPSA) is 18.5 Å². The van der Waals surface area contributed by atoms with Gasteiger partial charge in [-0.3, -0.25) is 0 Å². The molecule has 3 aliphatic rings. The summed E-state index contributed by atoms with van der Waals surface area (Å²) in [6, 6.07) is 2.16. The third kappa shape index (κ3) is 1.76. The lowest BCUT2D eigenvalue weighted by molar-refractivity contribution is 0.173. The number of benzene rings is 1. The van der Waals surface area contributed by atoms with Crippen LogP contribution in [0.1, 0.15) is 36.8 Å². The van der Waals surface area contributed by atoms with Crippen molar-refractivity contribution in [1.82, 2.24) is 0 Å². The molecule has 0 N–H and O–H groups in total. The number of halogens is 1. The molecule has 0 amide bonds. The molecule has 1 atom stereocenters. The van der Waals surface area contributed by atoms with Crippen LogP contribution in [-0.4, -0.2) is 6.79 Å². The van der Waals surface area contributed by atoms with E-state index < -0.39 is 0 Å². The molecule has 2 nitrogen and oxygen atoms in total. The molecule has 0 radical (unpaired) electrons. The molecular formula is C17H15BrO2. The van der Waals surface area contributed by atoms with Gasteiger partial charge < -0.3 is 9.47 Å². The van der Waals surface area contributed by atoms with Gasteiger partial charge in [-0.1, -0.05) is 35.5 Å². The molecule has 0 aromatic heterocycles. The maximum atomic E-state index is 5.56. The Kier molecular flexibility index (Phi) is 2.77. The summed E-state index contributed by atoms with van der Waals surface area (Å²) in [5.74, 6) is 2.17. The highest BCUT2D eigenvalue weighted by Crippen LogP contribution is 2.51. The van der Waals surface area contributed by atoms with E-state index in [1.54, 1.807) is 0 Å². The third-order valence-electron chi connectivity index (χ3n) is 4.29. The highest BCUT2D eigenvalue weighted by molar-refractivity contribution is 9.10. The van der Waals surface area contributed by atoms with Crippen LogP contribution in [-0.2, 0) is 0 Å². The predicted octanol–water partition coefficient (Wildman–Crippen LogP) is 4.95. The largest absolute Gasteiger partial charge is 0.454 e. The fraction of sp³-hybridized carbons (Fsp3) is 0.294. The average Bonchev–Trinajstić information content (AvgIpc) is 3.13. The molecule has 0 spiro atoms. The summed E-state index contributed by atoms with van der Waals surface area (Å²) in [6.07, 6.45) is 11.1. The molecule has 2 aliphatic carbocycles. The van der Waals surface area contributed by atoms with Crippen molar-refractivity contribution >= 4 is 22.0 Å². The minimum absolute atomic E-state index is 0.319. The Bertz CT molecular complexity index is 683. The Balaban J connectivity index is 1.75. The fourth-order valence-corrected chi connectivity index (χ4v) is 3.87. The van der Waals surface area contributed by atoms with E-state index in [1.807, 2.05) is 0 Å². The molecular weight excluding hydrogens is 316 g/mol. The van der Waals surface area contributed by atoms with E-state index in [0.29, 0.717) is 12.7 Å². The Hall–Kier alpha value is -1.48. The Morgan fingerprint density at radius 3 is 3.05 bits per heavy atom. The molecule has 20 heavy (non-hydrogen) atoms. The number of allylic oxidation sites excluding steroid dienone is 5.